The molecular weight excluding hydrogens is 375 g/mol. The van der Waals surface area contributed by atoms with E-state index in [0.29, 0.717) is 6.54 Å². The number of nitrogens with one attached hydrogen (secondary N) is 1. The van der Waals surface area contributed by atoms with Gasteiger partial charge in [-0.25, -0.2) is 4.39 Å². The van der Waals surface area contributed by atoms with E-state index < -0.39 is 0 Å². The molecule has 1 N–H and O–H groups in total. The van der Waals surface area contributed by atoms with Crippen LogP contribution in [0.5, 0.6) is 0 Å². The number of carbonyl (C=O) groups excluding carboxylic acids is 1. The lowest BCUT2D eigenvalue weighted by atomic mass is 9.90. The number of rotatable bonds is 5. The van der Waals surface area contributed by atoms with E-state index in [0.717, 1.165) is 31.5 Å². The van der Waals surface area contributed by atoms with Crippen LogP contribution in [0.1, 0.15) is 36.8 Å². The highest BCUT2D eigenvalue weighted by atomic mass is 19.1. The first-order valence-corrected chi connectivity index (χ1v) is 10.9. The molecule has 3 aromatic rings. The number of likely N-dealkylation sites (tertiary alicyclic amines) is 1. The van der Waals surface area contributed by atoms with Crippen molar-refractivity contribution in [3.05, 3.63) is 83.7 Å². The Kier molecular flexibility index (Phi) is 5.03. The first kappa shape index (κ1) is 19.3. The number of carbonyl (C=O) groups is 1. The van der Waals surface area contributed by atoms with E-state index in [4.69, 9.17) is 0 Å². The van der Waals surface area contributed by atoms with Gasteiger partial charge in [0.2, 0.25) is 5.91 Å². The lowest BCUT2D eigenvalue weighted by molar-refractivity contribution is -0.126. The topological polar surface area (TPSA) is 32.3 Å². The Morgan fingerprint density at radius 2 is 1.73 bits per heavy atom. The van der Waals surface area contributed by atoms with Crippen molar-refractivity contribution in [1.29, 1.82) is 0 Å². The largest absolute Gasteiger partial charge is 0.352 e. The number of nitrogens with zero attached hydrogens (tertiary/aromatic N) is 1. The molecule has 5 rings (SSSR count). The Bertz CT molecular complexity index is 1060. The van der Waals surface area contributed by atoms with Crippen LogP contribution in [0.4, 0.5) is 4.39 Å². The van der Waals surface area contributed by atoms with Crippen LogP contribution in [0.3, 0.4) is 0 Å². The molecule has 2 fully saturated rings. The van der Waals surface area contributed by atoms with Gasteiger partial charge in [-0.3, -0.25) is 9.69 Å². The van der Waals surface area contributed by atoms with Crippen molar-refractivity contribution in [2.45, 2.75) is 37.8 Å². The molecule has 3 nitrogen and oxygen atoms in total. The fourth-order valence-corrected chi connectivity index (χ4v) is 5.06. The van der Waals surface area contributed by atoms with Gasteiger partial charge in [-0.1, -0.05) is 54.6 Å². The highest BCUT2D eigenvalue weighted by molar-refractivity contribution is 5.87. The predicted molar refractivity (Wildman–Crippen MR) is 117 cm³/mol. The SMILES string of the molecule is O=C(NCc1cccc(F)c1)C1CCN(C2(c3cccc4ccccc34)CC2)CC1. The number of piperidine rings is 1. The summed E-state index contributed by atoms with van der Waals surface area (Å²) >= 11 is 0. The van der Waals surface area contributed by atoms with Crippen LogP contribution >= 0.6 is 0 Å². The van der Waals surface area contributed by atoms with Crippen molar-refractivity contribution >= 4 is 16.7 Å². The van der Waals surface area contributed by atoms with Gasteiger partial charge in [-0.2, -0.15) is 0 Å². The van der Waals surface area contributed by atoms with Crippen molar-refractivity contribution < 1.29 is 9.18 Å². The molecule has 1 amide bonds. The van der Waals surface area contributed by atoms with E-state index in [-0.39, 0.29) is 23.2 Å². The molecule has 30 heavy (non-hydrogen) atoms. The summed E-state index contributed by atoms with van der Waals surface area (Å²) in [5, 5.41) is 5.65. The number of hydrogen-bond donors (Lipinski definition) is 1. The molecule has 1 aliphatic carbocycles. The van der Waals surface area contributed by atoms with Gasteiger partial charge in [0.05, 0.1) is 0 Å². The molecule has 0 atom stereocenters. The summed E-state index contributed by atoms with van der Waals surface area (Å²) in [5.74, 6) is -0.134. The van der Waals surface area contributed by atoms with Gasteiger partial charge in [-0.15, -0.1) is 0 Å². The average molecular weight is 403 g/mol. The third-order valence-electron chi connectivity index (χ3n) is 6.84. The summed E-state index contributed by atoms with van der Waals surface area (Å²) < 4.78 is 13.3. The summed E-state index contributed by atoms with van der Waals surface area (Å²) in [6.45, 7) is 2.28. The minimum absolute atomic E-state index is 0.0399. The zero-order valence-electron chi connectivity index (χ0n) is 17.1. The molecule has 1 saturated carbocycles. The minimum atomic E-state index is -0.266. The summed E-state index contributed by atoms with van der Waals surface area (Å²) in [5.41, 5.74) is 2.38. The van der Waals surface area contributed by atoms with Crippen LogP contribution in [-0.4, -0.2) is 23.9 Å². The second kappa shape index (κ2) is 7.84. The maximum Gasteiger partial charge on any atom is 0.223 e. The molecule has 0 spiro atoms. The lowest BCUT2D eigenvalue weighted by Crippen LogP contribution is -2.45. The Hall–Kier alpha value is -2.72. The first-order valence-electron chi connectivity index (χ1n) is 10.9. The predicted octanol–water partition coefficient (Wildman–Crippen LogP) is 5.00. The molecule has 154 valence electrons. The van der Waals surface area contributed by atoms with Crippen molar-refractivity contribution in [2.75, 3.05) is 13.1 Å². The van der Waals surface area contributed by atoms with Crippen molar-refractivity contribution in [2.24, 2.45) is 5.92 Å². The molecule has 3 aromatic carbocycles. The molecule has 2 aliphatic rings. The normalized spacial score (nSPS) is 19.0. The Balaban J connectivity index is 1.23. The highest BCUT2D eigenvalue weighted by Gasteiger charge is 2.50. The second-order valence-corrected chi connectivity index (χ2v) is 8.67. The van der Waals surface area contributed by atoms with Crippen molar-refractivity contribution in [3.8, 4) is 0 Å². The number of hydrogen-bond acceptors (Lipinski definition) is 2. The Morgan fingerprint density at radius 3 is 2.50 bits per heavy atom. The number of amides is 1. The van der Waals surface area contributed by atoms with Crippen LogP contribution in [0.25, 0.3) is 10.8 Å². The third kappa shape index (κ3) is 3.61. The fourth-order valence-electron chi connectivity index (χ4n) is 5.06. The van der Waals surface area contributed by atoms with E-state index >= 15 is 0 Å². The lowest BCUT2D eigenvalue weighted by Gasteiger charge is -2.38. The zero-order valence-corrected chi connectivity index (χ0v) is 17.1. The Morgan fingerprint density at radius 1 is 1.00 bits per heavy atom. The molecule has 0 unspecified atom stereocenters. The Labute approximate surface area is 176 Å². The van der Waals surface area contributed by atoms with Crippen LogP contribution in [0.2, 0.25) is 0 Å². The van der Waals surface area contributed by atoms with Crippen LogP contribution in [-0.2, 0) is 16.9 Å². The highest BCUT2D eigenvalue weighted by Crippen LogP contribution is 2.53. The van der Waals surface area contributed by atoms with Crippen LogP contribution < -0.4 is 5.32 Å². The smallest absolute Gasteiger partial charge is 0.223 e. The molecule has 1 aliphatic heterocycles. The monoisotopic (exact) mass is 402 g/mol. The van der Waals surface area contributed by atoms with Crippen molar-refractivity contribution in [1.82, 2.24) is 10.2 Å². The molecule has 0 aromatic heterocycles. The summed E-state index contributed by atoms with van der Waals surface area (Å²) in [4.78, 5) is 15.3. The van der Waals surface area contributed by atoms with E-state index in [2.05, 4.69) is 52.7 Å². The second-order valence-electron chi connectivity index (χ2n) is 8.67. The van der Waals surface area contributed by atoms with Gasteiger partial charge in [0.15, 0.2) is 0 Å². The molecule has 0 bridgehead atoms. The molecule has 0 radical (unpaired) electrons. The van der Waals surface area contributed by atoms with E-state index in [9.17, 15) is 9.18 Å². The van der Waals surface area contributed by atoms with Crippen molar-refractivity contribution in [3.63, 3.8) is 0 Å². The summed E-state index contributed by atoms with van der Waals surface area (Å²) in [6.07, 6.45) is 4.14. The molecule has 1 heterocycles. The van der Waals surface area contributed by atoms with E-state index in [1.165, 1.54) is 41.3 Å². The average Bonchev–Trinajstić information content (AvgIpc) is 3.59. The third-order valence-corrected chi connectivity index (χ3v) is 6.84. The standard InChI is InChI=1S/C26H27FN2O/c27-22-8-3-5-19(17-22)18-28-25(30)21-11-15-29(16-12-21)26(13-14-26)24-10-4-7-20-6-1-2-9-23(20)24/h1-10,17,21H,11-16,18H2,(H,28,30). The summed E-state index contributed by atoms with van der Waals surface area (Å²) in [6, 6.07) is 21.7. The van der Waals surface area contributed by atoms with Crippen LogP contribution in [0.15, 0.2) is 66.7 Å². The number of fused-ring (bicyclic) bond motifs is 1. The number of halogens is 1. The van der Waals surface area contributed by atoms with Gasteiger partial charge in [0, 0.05) is 18.0 Å². The van der Waals surface area contributed by atoms with Gasteiger partial charge in [0.25, 0.3) is 0 Å². The molecule has 4 heteroatoms. The number of benzene rings is 3. The van der Waals surface area contributed by atoms with E-state index in [1.54, 1.807) is 6.07 Å². The summed E-state index contributed by atoms with van der Waals surface area (Å²) in [7, 11) is 0. The molecule has 1 saturated heterocycles. The van der Waals surface area contributed by atoms with Gasteiger partial charge >= 0.3 is 0 Å². The molecular formula is C26H27FN2O. The van der Waals surface area contributed by atoms with Crippen LogP contribution in [0, 0.1) is 11.7 Å². The first-order chi connectivity index (χ1) is 14.7. The fraction of sp³-hybridized carbons (Fsp3) is 0.346. The minimum Gasteiger partial charge on any atom is -0.352 e. The maximum atomic E-state index is 13.3. The van der Waals surface area contributed by atoms with Gasteiger partial charge < -0.3 is 5.32 Å². The maximum absolute atomic E-state index is 13.3. The zero-order chi connectivity index (χ0) is 20.6. The van der Waals surface area contributed by atoms with E-state index in [1.807, 2.05) is 6.07 Å². The quantitative estimate of drug-likeness (QED) is 0.652. The van der Waals surface area contributed by atoms with Gasteiger partial charge in [0.1, 0.15) is 5.82 Å². The van der Waals surface area contributed by atoms with Gasteiger partial charge in [-0.05, 0) is 72.8 Å².